The highest BCUT2D eigenvalue weighted by atomic mass is 16.2. The van der Waals surface area contributed by atoms with Crippen LogP contribution in [0.5, 0.6) is 0 Å². The molecule has 0 saturated heterocycles. The molecule has 1 atom stereocenters. The first-order valence-electron chi connectivity index (χ1n) is 10.0. The molecule has 4 heteroatoms. The number of nitrogens with one attached hydrogen (secondary N) is 1. The zero-order chi connectivity index (χ0) is 20.2. The van der Waals surface area contributed by atoms with Crippen LogP contribution in [0.15, 0.2) is 83.7 Å². The molecule has 146 valence electrons. The SMILES string of the molecule is CCC(CNC(=O)Cn1c2ccccc2c(=O)c2ccccc21)c1ccccc1. The van der Waals surface area contributed by atoms with Crippen LogP contribution in [0.3, 0.4) is 0 Å². The van der Waals surface area contributed by atoms with E-state index < -0.39 is 0 Å². The van der Waals surface area contributed by atoms with Gasteiger partial charge in [-0.2, -0.15) is 0 Å². The first kappa shape index (κ1) is 18.9. The molecular formula is C25H24N2O2. The number of benzene rings is 3. The number of amides is 1. The fourth-order valence-electron chi connectivity index (χ4n) is 3.91. The predicted octanol–water partition coefficient (Wildman–Crippen LogP) is 4.46. The molecule has 0 bridgehead atoms. The Kier molecular flexibility index (Phi) is 5.43. The third-order valence-electron chi connectivity index (χ3n) is 5.49. The van der Waals surface area contributed by atoms with Gasteiger partial charge in [-0.25, -0.2) is 0 Å². The molecule has 29 heavy (non-hydrogen) atoms. The molecule has 1 unspecified atom stereocenters. The Morgan fingerprint density at radius 3 is 2.00 bits per heavy atom. The number of hydrogen-bond donors (Lipinski definition) is 1. The summed E-state index contributed by atoms with van der Waals surface area (Å²) in [5.74, 6) is 0.223. The quantitative estimate of drug-likeness (QED) is 0.499. The molecule has 0 radical (unpaired) electrons. The summed E-state index contributed by atoms with van der Waals surface area (Å²) in [6.45, 7) is 2.90. The highest BCUT2D eigenvalue weighted by Crippen LogP contribution is 2.20. The van der Waals surface area contributed by atoms with Gasteiger partial charge in [-0.3, -0.25) is 9.59 Å². The maximum absolute atomic E-state index is 12.8. The number of rotatable bonds is 6. The van der Waals surface area contributed by atoms with Gasteiger partial charge in [0.2, 0.25) is 5.91 Å². The molecule has 0 aliphatic rings. The summed E-state index contributed by atoms with van der Waals surface area (Å²) in [5.41, 5.74) is 2.79. The Balaban J connectivity index is 1.62. The highest BCUT2D eigenvalue weighted by Gasteiger charge is 2.14. The van der Waals surface area contributed by atoms with E-state index in [0.29, 0.717) is 17.3 Å². The summed E-state index contributed by atoms with van der Waals surface area (Å²) < 4.78 is 1.94. The van der Waals surface area contributed by atoms with Crippen molar-refractivity contribution < 1.29 is 4.79 Å². The Morgan fingerprint density at radius 2 is 1.41 bits per heavy atom. The van der Waals surface area contributed by atoms with Gasteiger partial charge in [0.25, 0.3) is 0 Å². The van der Waals surface area contributed by atoms with Crippen molar-refractivity contribution in [2.24, 2.45) is 0 Å². The van der Waals surface area contributed by atoms with Crippen molar-refractivity contribution in [2.75, 3.05) is 6.54 Å². The van der Waals surface area contributed by atoms with E-state index in [1.807, 2.05) is 71.3 Å². The lowest BCUT2D eigenvalue weighted by atomic mass is 9.96. The molecule has 1 amide bonds. The molecule has 4 nitrogen and oxygen atoms in total. The molecule has 4 rings (SSSR count). The minimum Gasteiger partial charge on any atom is -0.354 e. The van der Waals surface area contributed by atoms with Gasteiger partial charge in [0.05, 0.1) is 11.0 Å². The minimum absolute atomic E-state index is 0.00276. The molecule has 4 aromatic rings. The third-order valence-corrected chi connectivity index (χ3v) is 5.49. The van der Waals surface area contributed by atoms with E-state index in [1.54, 1.807) is 0 Å². The second-order valence-corrected chi connectivity index (χ2v) is 7.27. The zero-order valence-electron chi connectivity index (χ0n) is 16.5. The van der Waals surface area contributed by atoms with E-state index >= 15 is 0 Å². The topological polar surface area (TPSA) is 51.1 Å². The Hall–Kier alpha value is -3.40. The van der Waals surface area contributed by atoms with Gasteiger partial charge in [0.1, 0.15) is 6.54 Å². The van der Waals surface area contributed by atoms with Crippen LogP contribution in [0.4, 0.5) is 0 Å². The van der Waals surface area contributed by atoms with Gasteiger partial charge in [-0.1, -0.05) is 61.5 Å². The van der Waals surface area contributed by atoms with Crippen LogP contribution in [0.2, 0.25) is 0 Å². The normalized spacial score (nSPS) is 12.2. The summed E-state index contributed by atoms with van der Waals surface area (Å²) in [6.07, 6.45) is 0.953. The lowest BCUT2D eigenvalue weighted by Crippen LogP contribution is -2.32. The summed E-state index contributed by atoms with van der Waals surface area (Å²) >= 11 is 0. The van der Waals surface area contributed by atoms with Crippen LogP contribution < -0.4 is 10.7 Å². The molecule has 0 aliphatic carbocycles. The molecule has 1 heterocycles. The number of fused-ring (bicyclic) bond motifs is 2. The van der Waals surface area contributed by atoms with Gasteiger partial charge < -0.3 is 9.88 Å². The number of nitrogens with zero attached hydrogens (tertiary/aromatic N) is 1. The third kappa shape index (κ3) is 3.79. The molecule has 1 aromatic heterocycles. The molecule has 0 fully saturated rings. The predicted molar refractivity (Wildman–Crippen MR) is 118 cm³/mol. The zero-order valence-corrected chi connectivity index (χ0v) is 16.5. The van der Waals surface area contributed by atoms with Crippen molar-refractivity contribution in [3.05, 3.63) is 94.6 Å². The Bertz CT molecular complexity index is 1150. The van der Waals surface area contributed by atoms with Crippen molar-refractivity contribution in [1.29, 1.82) is 0 Å². The number of pyridine rings is 1. The number of carbonyl (C=O) groups excluding carboxylic acids is 1. The maximum atomic E-state index is 12.8. The van der Waals surface area contributed by atoms with Crippen LogP contribution in [0, 0.1) is 0 Å². The second-order valence-electron chi connectivity index (χ2n) is 7.27. The molecular weight excluding hydrogens is 360 g/mol. The van der Waals surface area contributed by atoms with Gasteiger partial charge in [-0.15, -0.1) is 0 Å². The lowest BCUT2D eigenvalue weighted by Gasteiger charge is -2.18. The standard InChI is InChI=1S/C25H24N2O2/c1-2-18(19-10-4-3-5-11-19)16-26-24(28)17-27-22-14-8-6-12-20(22)25(29)21-13-7-9-15-23(21)27/h3-15,18H,2,16-17H2,1H3,(H,26,28). The molecule has 3 aromatic carbocycles. The summed E-state index contributed by atoms with van der Waals surface area (Å²) in [6, 6.07) is 25.2. The van der Waals surface area contributed by atoms with Crippen LogP contribution in [-0.4, -0.2) is 17.0 Å². The average molecular weight is 384 g/mol. The van der Waals surface area contributed by atoms with E-state index in [4.69, 9.17) is 0 Å². The van der Waals surface area contributed by atoms with Crippen LogP contribution in [0.1, 0.15) is 24.8 Å². The summed E-state index contributed by atoms with van der Waals surface area (Å²) in [7, 11) is 0. The number of carbonyl (C=O) groups is 1. The van der Waals surface area contributed by atoms with E-state index in [2.05, 4.69) is 24.4 Å². The van der Waals surface area contributed by atoms with Gasteiger partial charge in [-0.05, 0) is 36.2 Å². The second kappa shape index (κ2) is 8.31. The van der Waals surface area contributed by atoms with Gasteiger partial charge in [0, 0.05) is 23.2 Å². The van der Waals surface area contributed by atoms with Crippen LogP contribution >= 0.6 is 0 Å². The molecule has 0 spiro atoms. The first-order valence-corrected chi connectivity index (χ1v) is 10.0. The Morgan fingerprint density at radius 1 is 0.862 bits per heavy atom. The van der Waals surface area contributed by atoms with E-state index in [1.165, 1.54) is 5.56 Å². The van der Waals surface area contributed by atoms with Crippen LogP contribution in [-0.2, 0) is 11.3 Å². The fourth-order valence-corrected chi connectivity index (χ4v) is 3.91. The van der Waals surface area contributed by atoms with Crippen molar-refractivity contribution in [1.82, 2.24) is 9.88 Å². The summed E-state index contributed by atoms with van der Waals surface area (Å²) in [4.78, 5) is 25.6. The average Bonchev–Trinajstić information content (AvgIpc) is 2.78. The molecule has 1 N–H and O–H groups in total. The highest BCUT2D eigenvalue weighted by molar-refractivity contribution is 5.94. The minimum atomic E-state index is -0.0571. The van der Waals surface area contributed by atoms with Crippen molar-refractivity contribution in [2.45, 2.75) is 25.8 Å². The van der Waals surface area contributed by atoms with Crippen molar-refractivity contribution >= 4 is 27.7 Å². The molecule has 0 aliphatic heterocycles. The summed E-state index contributed by atoms with van der Waals surface area (Å²) in [5, 5.41) is 4.35. The smallest absolute Gasteiger partial charge is 0.239 e. The lowest BCUT2D eigenvalue weighted by molar-refractivity contribution is -0.121. The largest absolute Gasteiger partial charge is 0.354 e. The van der Waals surface area contributed by atoms with E-state index in [9.17, 15) is 9.59 Å². The first-order chi connectivity index (χ1) is 14.2. The number of para-hydroxylation sites is 2. The maximum Gasteiger partial charge on any atom is 0.239 e. The van der Waals surface area contributed by atoms with Gasteiger partial charge >= 0.3 is 0 Å². The number of hydrogen-bond acceptors (Lipinski definition) is 2. The number of aromatic nitrogens is 1. The van der Waals surface area contributed by atoms with E-state index in [0.717, 1.165) is 17.5 Å². The monoisotopic (exact) mass is 384 g/mol. The Labute approximate surface area is 169 Å². The molecule has 0 saturated carbocycles. The van der Waals surface area contributed by atoms with Crippen molar-refractivity contribution in [3.8, 4) is 0 Å². The van der Waals surface area contributed by atoms with E-state index in [-0.39, 0.29) is 23.8 Å². The fraction of sp³-hybridized carbons (Fsp3) is 0.200. The van der Waals surface area contributed by atoms with Gasteiger partial charge in [0.15, 0.2) is 5.43 Å². The van der Waals surface area contributed by atoms with Crippen LogP contribution in [0.25, 0.3) is 21.8 Å². The van der Waals surface area contributed by atoms with Crippen molar-refractivity contribution in [3.63, 3.8) is 0 Å².